The van der Waals surface area contributed by atoms with Crippen LogP contribution < -0.4 is 14.9 Å². The summed E-state index contributed by atoms with van der Waals surface area (Å²) < 4.78 is 12.0. The van der Waals surface area contributed by atoms with Crippen molar-refractivity contribution in [1.29, 1.82) is 0 Å². The number of benzene rings is 2. The number of hydrogen-bond donors (Lipinski definition) is 1. The zero-order chi connectivity index (χ0) is 16.5. The summed E-state index contributed by atoms with van der Waals surface area (Å²) in [6.45, 7) is 3.37. The Kier molecular flexibility index (Phi) is 6.94. The Morgan fingerprint density at radius 1 is 1.17 bits per heavy atom. The number of para-hydroxylation sites is 1. The molecule has 2 aromatic carbocycles. The summed E-state index contributed by atoms with van der Waals surface area (Å²) in [6, 6.07) is 13.8. The van der Waals surface area contributed by atoms with E-state index in [2.05, 4.69) is 33.4 Å². The third kappa shape index (κ3) is 5.28. The molecule has 0 aromatic heterocycles. The molecule has 0 aliphatic heterocycles. The summed E-state index contributed by atoms with van der Waals surface area (Å²) in [6.07, 6.45) is 2.74. The molecule has 0 spiro atoms. The second-order valence-electron chi connectivity index (χ2n) is 4.94. The maximum atomic E-state index is 5.73. The molecule has 2 aromatic rings. The van der Waals surface area contributed by atoms with Crippen LogP contribution in [-0.4, -0.2) is 19.9 Å². The Bertz CT molecular complexity index is 659. The Hall–Kier alpha value is -2.01. The first-order chi connectivity index (χ1) is 11.2. The van der Waals surface area contributed by atoms with E-state index < -0.39 is 0 Å². The first-order valence-corrected chi connectivity index (χ1v) is 8.34. The molecule has 1 N–H and O–H groups in total. The normalized spacial score (nSPS) is 10.7. The molecular weight excluding hydrogens is 356 g/mol. The van der Waals surface area contributed by atoms with Crippen molar-refractivity contribution in [3.05, 3.63) is 58.1 Å². The van der Waals surface area contributed by atoms with Crippen LogP contribution in [0.3, 0.4) is 0 Å². The predicted molar refractivity (Wildman–Crippen MR) is 97.4 cm³/mol. The molecular formula is C18H21BrN2O2. The second kappa shape index (κ2) is 9.20. The molecule has 0 heterocycles. The van der Waals surface area contributed by atoms with Crippen molar-refractivity contribution in [2.24, 2.45) is 5.10 Å². The number of hydrogen-bond acceptors (Lipinski definition) is 4. The Labute approximate surface area is 145 Å². The topological polar surface area (TPSA) is 42.8 Å². The quantitative estimate of drug-likeness (QED) is 0.549. The molecule has 0 radical (unpaired) electrons. The molecule has 0 fully saturated rings. The van der Waals surface area contributed by atoms with Gasteiger partial charge in [0, 0.05) is 15.6 Å². The molecule has 2 rings (SSSR count). The van der Waals surface area contributed by atoms with Crippen LogP contribution in [0.25, 0.3) is 0 Å². The van der Waals surface area contributed by atoms with Gasteiger partial charge >= 0.3 is 0 Å². The Morgan fingerprint density at radius 3 is 2.78 bits per heavy atom. The number of methoxy groups -OCH3 is 1. The van der Waals surface area contributed by atoms with Gasteiger partial charge in [0.25, 0.3) is 0 Å². The van der Waals surface area contributed by atoms with E-state index in [1.165, 1.54) is 0 Å². The minimum absolute atomic E-state index is 0.597. The number of nitrogens with one attached hydrogen (secondary N) is 1. The largest absolute Gasteiger partial charge is 0.496 e. The summed E-state index contributed by atoms with van der Waals surface area (Å²) in [5.41, 5.74) is 5.04. The summed E-state index contributed by atoms with van der Waals surface area (Å²) in [5.74, 6) is 1.68. The van der Waals surface area contributed by atoms with Crippen LogP contribution in [0.5, 0.6) is 11.5 Å². The van der Waals surface area contributed by atoms with Gasteiger partial charge in [-0.05, 0) is 30.7 Å². The van der Waals surface area contributed by atoms with Gasteiger partial charge in [0.05, 0.1) is 26.5 Å². The van der Waals surface area contributed by atoms with E-state index in [-0.39, 0.29) is 0 Å². The van der Waals surface area contributed by atoms with Crippen LogP contribution in [0.4, 0.5) is 0 Å². The molecule has 122 valence electrons. The molecule has 0 unspecified atom stereocenters. The summed E-state index contributed by atoms with van der Waals surface area (Å²) in [4.78, 5) is 0. The van der Waals surface area contributed by atoms with E-state index in [1.807, 2.05) is 42.5 Å². The third-order valence-electron chi connectivity index (χ3n) is 3.19. The highest BCUT2D eigenvalue weighted by molar-refractivity contribution is 9.10. The van der Waals surface area contributed by atoms with Crippen molar-refractivity contribution in [3.8, 4) is 11.5 Å². The fourth-order valence-electron chi connectivity index (χ4n) is 2.06. The van der Waals surface area contributed by atoms with E-state index in [1.54, 1.807) is 13.3 Å². The smallest absolute Gasteiger partial charge is 0.128 e. The molecule has 0 aliphatic carbocycles. The highest BCUT2D eigenvalue weighted by Crippen LogP contribution is 2.22. The number of hydrazone groups is 1. The maximum absolute atomic E-state index is 5.73. The predicted octanol–water partition coefficient (Wildman–Crippen LogP) is 4.37. The molecule has 0 atom stereocenters. The van der Waals surface area contributed by atoms with Crippen LogP contribution in [0.2, 0.25) is 0 Å². The van der Waals surface area contributed by atoms with Crippen molar-refractivity contribution in [2.75, 3.05) is 13.7 Å². The molecule has 0 aliphatic rings. The van der Waals surface area contributed by atoms with E-state index in [9.17, 15) is 0 Å². The van der Waals surface area contributed by atoms with Gasteiger partial charge < -0.3 is 14.9 Å². The zero-order valence-corrected chi connectivity index (χ0v) is 15.0. The van der Waals surface area contributed by atoms with Gasteiger partial charge in [0.1, 0.15) is 11.5 Å². The van der Waals surface area contributed by atoms with Crippen molar-refractivity contribution in [1.82, 2.24) is 5.43 Å². The lowest BCUT2D eigenvalue weighted by Gasteiger charge is -2.09. The molecule has 0 saturated heterocycles. The fraction of sp³-hybridized carbons (Fsp3) is 0.278. The summed E-state index contributed by atoms with van der Waals surface area (Å²) in [5, 5.41) is 4.29. The van der Waals surface area contributed by atoms with E-state index >= 15 is 0 Å². The van der Waals surface area contributed by atoms with Gasteiger partial charge in [-0.25, -0.2) is 0 Å². The lowest BCUT2D eigenvalue weighted by atomic mass is 10.2. The van der Waals surface area contributed by atoms with Gasteiger partial charge in [-0.3, -0.25) is 0 Å². The molecule has 0 saturated carbocycles. The van der Waals surface area contributed by atoms with Crippen molar-refractivity contribution in [2.45, 2.75) is 19.9 Å². The minimum atomic E-state index is 0.597. The SMILES string of the molecule is CCCOc1ccc(Br)cc1/C=N\NCc1ccccc1OC. The van der Waals surface area contributed by atoms with Crippen LogP contribution in [0.1, 0.15) is 24.5 Å². The van der Waals surface area contributed by atoms with Gasteiger partial charge in [-0.2, -0.15) is 5.10 Å². The maximum Gasteiger partial charge on any atom is 0.128 e. The average Bonchev–Trinajstić information content (AvgIpc) is 2.58. The minimum Gasteiger partial charge on any atom is -0.496 e. The van der Waals surface area contributed by atoms with Crippen molar-refractivity contribution in [3.63, 3.8) is 0 Å². The summed E-state index contributed by atoms with van der Waals surface area (Å²) in [7, 11) is 1.67. The summed E-state index contributed by atoms with van der Waals surface area (Å²) >= 11 is 3.47. The molecule has 23 heavy (non-hydrogen) atoms. The van der Waals surface area contributed by atoms with Crippen LogP contribution in [0.15, 0.2) is 52.0 Å². The monoisotopic (exact) mass is 376 g/mol. The van der Waals surface area contributed by atoms with Crippen LogP contribution in [0, 0.1) is 0 Å². The second-order valence-corrected chi connectivity index (χ2v) is 5.85. The lowest BCUT2D eigenvalue weighted by molar-refractivity contribution is 0.317. The van der Waals surface area contributed by atoms with Gasteiger partial charge in [0.15, 0.2) is 0 Å². The third-order valence-corrected chi connectivity index (χ3v) is 3.68. The number of halogens is 1. The highest BCUT2D eigenvalue weighted by Gasteiger charge is 2.03. The lowest BCUT2D eigenvalue weighted by Crippen LogP contribution is -2.07. The molecule has 0 bridgehead atoms. The van der Waals surface area contributed by atoms with E-state index in [0.29, 0.717) is 13.2 Å². The Balaban J connectivity index is 2.01. The van der Waals surface area contributed by atoms with E-state index in [0.717, 1.165) is 33.5 Å². The van der Waals surface area contributed by atoms with E-state index in [4.69, 9.17) is 9.47 Å². The number of rotatable bonds is 8. The van der Waals surface area contributed by atoms with Gasteiger partial charge in [0.2, 0.25) is 0 Å². The van der Waals surface area contributed by atoms with Gasteiger partial charge in [-0.1, -0.05) is 41.1 Å². The molecule has 5 heteroatoms. The first kappa shape index (κ1) is 17.3. The van der Waals surface area contributed by atoms with Crippen LogP contribution >= 0.6 is 15.9 Å². The number of ether oxygens (including phenoxy) is 2. The zero-order valence-electron chi connectivity index (χ0n) is 13.4. The first-order valence-electron chi connectivity index (χ1n) is 7.54. The van der Waals surface area contributed by atoms with Crippen molar-refractivity contribution < 1.29 is 9.47 Å². The standard InChI is InChI=1S/C18H21BrN2O2/c1-3-10-23-18-9-8-16(19)11-15(18)13-21-20-12-14-6-4-5-7-17(14)22-2/h4-9,11,13,20H,3,10,12H2,1-2H3/b21-13-. The Morgan fingerprint density at radius 2 is 2.00 bits per heavy atom. The van der Waals surface area contributed by atoms with Crippen molar-refractivity contribution >= 4 is 22.1 Å². The number of nitrogens with zero attached hydrogens (tertiary/aromatic N) is 1. The highest BCUT2D eigenvalue weighted by atomic mass is 79.9. The molecule has 4 nitrogen and oxygen atoms in total. The fourth-order valence-corrected chi connectivity index (χ4v) is 2.44. The van der Waals surface area contributed by atoms with Gasteiger partial charge in [-0.15, -0.1) is 0 Å². The molecule has 0 amide bonds. The average molecular weight is 377 g/mol. The van der Waals surface area contributed by atoms with Crippen LogP contribution in [-0.2, 0) is 6.54 Å².